The van der Waals surface area contributed by atoms with Crippen LogP contribution in [0.2, 0.25) is 0 Å². The molecule has 0 fully saturated rings. The van der Waals surface area contributed by atoms with E-state index in [1.54, 1.807) is 30.3 Å². The number of carbonyl (C=O) groups is 2. The molecule has 0 aliphatic rings. The Hall–Kier alpha value is -2.00. The summed E-state index contributed by atoms with van der Waals surface area (Å²) in [5.41, 5.74) is 10.7. The molecule has 0 aliphatic heterocycles. The van der Waals surface area contributed by atoms with Crippen molar-refractivity contribution in [2.75, 3.05) is 0 Å². The first-order valence-corrected chi connectivity index (χ1v) is 6.06. The molecule has 0 bridgehead atoms. The lowest BCUT2D eigenvalue weighted by atomic mass is 10.0. The van der Waals surface area contributed by atoms with Gasteiger partial charge < -0.3 is 31.9 Å². The summed E-state index contributed by atoms with van der Waals surface area (Å²) in [5.74, 6) is -2.39. The summed E-state index contributed by atoms with van der Waals surface area (Å²) in [6.07, 6.45) is -2.13. The van der Waals surface area contributed by atoms with Crippen LogP contribution in [0, 0.1) is 0 Å². The number of aliphatic hydroxyl groups excluding tert-OH is 2. The van der Waals surface area contributed by atoms with Crippen LogP contribution in [0.3, 0.4) is 0 Å². The van der Waals surface area contributed by atoms with Crippen molar-refractivity contribution < 1.29 is 30.0 Å². The van der Waals surface area contributed by atoms with E-state index in [1.165, 1.54) is 6.92 Å². The number of nitrogens with two attached hydrogens (primary N) is 2. The van der Waals surface area contributed by atoms with Gasteiger partial charge in [0.1, 0.15) is 18.2 Å². The predicted octanol–water partition coefficient (Wildman–Crippen LogP) is -1.09. The van der Waals surface area contributed by atoms with E-state index in [0.717, 1.165) is 0 Å². The lowest BCUT2D eigenvalue weighted by Gasteiger charge is -2.14. The zero-order valence-electron chi connectivity index (χ0n) is 11.5. The van der Waals surface area contributed by atoms with Crippen LogP contribution in [0.1, 0.15) is 18.6 Å². The quantitative estimate of drug-likeness (QED) is 0.399. The van der Waals surface area contributed by atoms with Crippen LogP contribution in [-0.4, -0.2) is 50.6 Å². The largest absolute Gasteiger partial charge is 0.480 e. The molecule has 21 heavy (non-hydrogen) atoms. The van der Waals surface area contributed by atoms with Crippen molar-refractivity contribution in [1.29, 1.82) is 0 Å². The molecule has 1 rings (SSSR count). The number of carboxylic acid groups (broad SMARTS) is 2. The third-order valence-electron chi connectivity index (χ3n) is 2.57. The number of aliphatic hydroxyl groups is 2. The molecule has 0 radical (unpaired) electrons. The average molecular weight is 300 g/mol. The second kappa shape index (κ2) is 9.03. The predicted molar refractivity (Wildman–Crippen MR) is 74.3 cm³/mol. The van der Waals surface area contributed by atoms with Gasteiger partial charge >= 0.3 is 11.9 Å². The monoisotopic (exact) mass is 300 g/mol. The van der Waals surface area contributed by atoms with Gasteiger partial charge in [-0.1, -0.05) is 30.3 Å². The number of hydrogen-bond donors (Lipinski definition) is 6. The van der Waals surface area contributed by atoms with Gasteiger partial charge in [-0.25, -0.2) is 0 Å². The molecule has 4 unspecified atom stereocenters. The van der Waals surface area contributed by atoms with Gasteiger partial charge in [-0.2, -0.15) is 0 Å². The normalized spacial score (nSPS) is 15.9. The Morgan fingerprint density at radius 2 is 1.38 bits per heavy atom. The highest BCUT2D eigenvalue weighted by Gasteiger charge is 2.22. The Labute approximate surface area is 121 Å². The molecule has 0 saturated heterocycles. The minimum atomic E-state index is -1.28. The van der Waals surface area contributed by atoms with Gasteiger partial charge in [0, 0.05) is 0 Å². The molecule has 118 valence electrons. The van der Waals surface area contributed by atoms with E-state index < -0.39 is 36.2 Å². The van der Waals surface area contributed by atoms with Gasteiger partial charge in [0.15, 0.2) is 0 Å². The summed E-state index contributed by atoms with van der Waals surface area (Å²) in [4.78, 5) is 20.3. The van der Waals surface area contributed by atoms with Crippen molar-refractivity contribution in [3.63, 3.8) is 0 Å². The second-order valence-corrected chi connectivity index (χ2v) is 4.32. The molecular weight excluding hydrogens is 280 g/mol. The maximum absolute atomic E-state index is 10.4. The van der Waals surface area contributed by atoms with Gasteiger partial charge in [-0.15, -0.1) is 0 Å². The Morgan fingerprint density at radius 1 is 0.952 bits per heavy atom. The van der Waals surface area contributed by atoms with Crippen LogP contribution in [0.5, 0.6) is 0 Å². The summed E-state index contributed by atoms with van der Waals surface area (Å²) in [7, 11) is 0. The summed E-state index contributed by atoms with van der Waals surface area (Å²) < 4.78 is 0. The SMILES string of the molecule is CC(O)C(N)C(=O)O.NC(C(=O)O)C(O)c1ccccc1. The van der Waals surface area contributed by atoms with E-state index >= 15 is 0 Å². The lowest BCUT2D eigenvalue weighted by molar-refractivity contribution is -0.142. The van der Waals surface area contributed by atoms with E-state index in [2.05, 4.69) is 0 Å². The fourth-order valence-corrected chi connectivity index (χ4v) is 1.20. The Bertz CT molecular complexity index is 451. The number of benzene rings is 1. The van der Waals surface area contributed by atoms with Crippen molar-refractivity contribution in [3.05, 3.63) is 35.9 Å². The smallest absolute Gasteiger partial charge is 0.323 e. The molecule has 1 aromatic rings. The van der Waals surface area contributed by atoms with Crippen LogP contribution in [-0.2, 0) is 9.59 Å². The van der Waals surface area contributed by atoms with Crippen LogP contribution < -0.4 is 11.5 Å². The van der Waals surface area contributed by atoms with Crippen LogP contribution in [0.15, 0.2) is 30.3 Å². The maximum Gasteiger partial charge on any atom is 0.323 e. The van der Waals surface area contributed by atoms with E-state index in [4.69, 9.17) is 26.8 Å². The summed E-state index contributed by atoms with van der Waals surface area (Å²) in [5, 5.41) is 34.5. The minimum Gasteiger partial charge on any atom is -0.480 e. The number of rotatable bonds is 5. The highest BCUT2D eigenvalue weighted by atomic mass is 16.4. The van der Waals surface area contributed by atoms with Gasteiger partial charge in [-0.3, -0.25) is 9.59 Å². The second-order valence-electron chi connectivity index (χ2n) is 4.32. The number of hydrogen-bond acceptors (Lipinski definition) is 6. The molecular formula is C13H20N2O6. The molecule has 0 amide bonds. The summed E-state index contributed by atoms with van der Waals surface area (Å²) in [6.45, 7) is 1.33. The van der Waals surface area contributed by atoms with Crippen molar-refractivity contribution in [1.82, 2.24) is 0 Å². The van der Waals surface area contributed by atoms with Crippen LogP contribution in [0.4, 0.5) is 0 Å². The summed E-state index contributed by atoms with van der Waals surface area (Å²) in [6, 6.07) is 6.04. The zero-order valence-corrected chi connectivity index (χ0v) is 11.5. The molecule has 0 aromatic heterocycles. The molecule has 0 heterocycles. The fourth-order valence-electron chi connectivity index (χ4n) is 1.20. The van der Waals surface area contributed by atoms with Crippen molar-refractivity contribution in [2.24, 2.45) is 11.5 Å². The highest BCUT2D eigenvalue weighted by molar-refractivity contribution is 5.74. The van der Waals surface area contributed by atoms with Crippen LogP contribution in [0.25, 0.3) is 0 Å². The third kappa shape index (κ3) is 6.82. The topological polar surface area (TPSA) is 167 Å². The number of carboxylic acids is 2. The highest BCUT2D eigenvalue weighted by Crippen LogP contribution is 2.14. The first-order chi connectivity index (χ1) is 9.68. The standard InChI is InChI=1S/C9H11NO3.C4H9NO3/c10-7(9(12)13)8(11)6-4-2-1-3-5-6;1-2(6)3(5)4(7)8/h1-5,7-8,11H,10H2,(H,12,13);2-3,6H,5H2,1H3,(H,7,8). The number of aliphatic carboxylic acids is 2. The first kappa shape index (κ1) is 19.0. The molecule has 8 nitrogen and oxygen atoms in total. The Morgan fingerprint density at radius 3 is 1.67 bits per heavy atom. The van der Waals surface area contributed by atoms with Crippen molar-refractivity contribution in [3.8, 4) is 0 Å². The molecule has 0 aliphatic carbocycles. The molecule has 8 heteroatoms. The molecule has 8 N–H and O–H groups in total. The fraction of sp³-hybridized carbons (Fsp3) is 0.385. The van der Waals surface area contributed by atoms with Gasteiger partial charge in [-0.05, 0) is 12.5 Å². The van der Waals surface area contributed by atoms with E-state index in [9.17, 15) is 14.7 Å². The van der Waals surface area contributed by atoms with Gasteiger partial charge in [0.25, 0.3) is 0 Å². The van der Waals surface area contributed by atoms with Gasteiger partial charge in [0.05, 0.1) is 6.10 Å². The van der Waals surface area contributed by atoms with Gasteiger partial charge in [0.2, 0.25) is 0 Å². The summed E-state index contributed by atoms with van der Waals surface area (Å²) >= 11 is 0. The van der Waals surface area contributed by atoms with E-state index in [1.807, 2.05) is 0 Å². The van der Waals surface area contributed by atoms with Crippen molar-refractivity contribution in [2.45, 2.75) is 31.2 Å². The average Bonchev–Trinajstić information content (AvgIpc) is 2.46. The molecule has 0 saturated carbocycles. The third-order valence-corrected chi connectivity index (χ3v) is 2.57. The Kier molecular flexibility index (Phi) is 8.17. The minimum absolute atomic E-state index is 0.511. The van der Waals surface area contributed by atoms with E-state index in [-0.39, 0.29) is 0 Å². The zero-order chi connectivity index (χ0) is 16.6. The lowest BCUT2D eigenvalue weighted by Crippen LogP contribution is -2.39. The maximum atomic E-state index is 10.4. The van der Waals surface area contributed by atoms with E-state index in [0.29, 0.717) is 5.56 Å². The van der Waals surface area contributed by atoms with Crippen molar-refractivity contribution >= 4 is 11.9 Å². The molecule has 1 aromatic carbocycles. The molecule has 0 spiro atoms. The first-order valence-electron chi connectivity index (χ1n) is 6.06. The van der Waals surface area contributed by atoms with Crippen LogP contribution >= 0.6 is 0 Å². The molecule has 4 atom stereocenters. The Balaban J connectivity index is 0.000000433.